The number of benzene rings is 1. The summed E-state index contributed by atoms with van der Waals surface area (Å²) in [7, 11) is -5.65. The minimum absolute atomic E-state index is 0.106. The van der Waals surface area contributed by atoms with Gasteiger partial charge in [-0.3, -0.25) is 4.79 Å². The maximum Gasteiger partial charge on any atom is 0.500 e. The maximum atomic E-state index is 13.5. The van der Waals surface area contributed by atoms with Gasteiger partial charge in [0.05, 0.1) is 0 Å². The maximum absolute atomic E-state index is 13.5. The van der Waals surface area contributed by atoms with Crippen molar-refractivity contribution in [3.63, 3.8) is 0 Å². The van der Waals surface area contributed by atoms with E-state index in [1.807, 2.05) is 46.4 Å². The van der Waals surface area contributed by atoms with Crippen molar-refractivity contribution in [2.75, 3.05) is 52.7 Å². The number of carbonyl (C=O) groups excluding carboxylic acids is 1. The van der Waals surface area contributed by atoms with Crippen molar-refractivity contribution in [1.82, 2.24) is 4.90 Å². The van der Waals surface area contributed by atoms with E-state index >= 15 is 0 Å². The molecular formula is C25H46N4O7Si2. The van der Waals surface area contributed by atoms with Crippen molar-refractivity contribution in [2.24, 2.45) is 5.11 Å². The standard InChI is InChI=1S/C25H46N4O7Si2/c1-7-31-37(32-8-2,33-9-3)21-13-19-29(25(30)23-15-17-24(18-16-23)27-28-26)20-14-22-38(34-10-4,35-11-5)36-12-6/h15-18H,7-14,19-22H2,1-6H3. The predicted molar refractivity (Wildman–Crippen MR) is 151 cm³/mol. The van der Waals surface area contributed by atoms with Gasteiger partial charge in [-0.05, 0) is 72.0 Å². The molecule has 0 radical (unpaired) electrons. The van der Waals surface area contributed by atoms with Crippen molar-refractivity contribution < 1.29 is 31.4 Å². The second-order valence-corrected chi connectivity index (χ2v) is 13.7. The molecule has 0 bridgehead atoms. The number of rotatable bonds is 22. The summed E-state index contributed by atoms with van der Waals surface area (Å²) in [4.78, 5) is 18.2. The zero-order valence-corrected chi connectivity index (χ0v) is 25.9. The van der Waals surface area contributed by atoms with Crippen molar-refractivity contribution >= 4 is 29.2 Å². The topological polar surface area (TPSA) is 124 Å². The van der Waals surface area contributed by atoms with Crippen LogP contribution in [0.1, 0.15) is 64.7 Å². The average molecular weight is 571 g/mol. The third kappa shape index (κ3) is 11.5. The van der Waals surface area contributed by atoms with Crippen LogP contribution < -0.4 is 0 Å². The van der Waals surface area contributed by atoms with Crippen LogP contribution in [0, 0.1) is 0 Å². The fourth-order valence-electron chi connectivity index (χ4n) is 4.20. The van der Waals surface area contributed by atoms with Crippen molar-refractivity contribution in [2.45, 2.75) is 66.5 Å². The van der Waals surface area contributed by atoms with Crippen molar-refractivity contribution in [3.8, 4) is 0 Å². The van der Waals surface area contributed by atoms with Gasteiger partial charge in [0.2, 0.25) is 0 Å². The van der Waals surface area contributed by atoms with Gasteiger partial charge in [-0.25, -0.2) is 0 Å². The Morgan fingerprint density at radius 3 is 1.42 bits per heavy atom. The van der Waals surface area contributed by atoms with E-state index in [4.69, 9.17) is 32.1 Å². The average Bonchev–Trinajstić information content (AvgIpc) is 2.89. The van der Waals surface area contributed by atoms with Crippen LogP contribution in [0.15, 0.2) is 29.4 Å². The Morgan fingerprint density at radius 2 is 1.11 bits per heavy atom. The molecule has 0 saturated heterocycles. The first-order chi connectivity index (χ1) is 18.4. The molecule has 216 valence electrons. The minimum Gasteiger partial charge on any atom is -0.374 e. The van der Waals surface area contributed by atoms with E-state index in [1.165, 1.54) is 0 Å². The predicted octanol–water partition coefficient (Wildman–Crippen LogP) is 5.95. The van der Waals surface area contributed by atoms with Crippen molar-refractivity contribution in [3.05, 3.63) is 40.3 Å². The molecule has 0 spiro atoms. The fourth-order valence-corrected chi connectivity index (χ4v) is 9.38. The molecule has 1 aromatic carbocycles. The fraction of sp³-hybridized carbons (Fsp3) is 0.720. The molecule has 0 N–H and O–H groups in total. The van der Waals surface area contributed by atoms with Gasteiger partial charge in [0, 0.05) is 81.0 Å². The second kappa shape index (κ2) is 19.3. The highest BCUT2D eigenvalue weighted by Crippen LogP contribution is 2.22. The SMILES string of the molecule is CCO[Si](CCCN(CCC[Si](OCC)(OCC)OCC)C(=O)c1ccc(N=[N+]=[N-])cc1)(OCC)OCC. The van der Waals surface area contributed by atoms with Gasteiger partial charge < -0.3 is 31.5 Å². The van der Waals surface area contributed by atoms with Crippen molar-refractivity contribution in [1.29, 1.82) is 0 Å². The van der Waals surface area contributed by atoms with Crippen LogP contribution in [-0.2, 0) is 26.6 Å². The van der Waals surface area contributed by atoms with E-state index in [1.54, 1.807) is 24.3 Å². The van der Waals surface area contributed by atoms with Crippen LogP contribution in [0.3, 0.4) is 0 Å². The molecule has 13 heteroatoms. The number of nitrogens with zero attached hydrogens (tertiary/aromatic N) is 4. The highest BCUT2D eigenvalue weighted by atomic mass is 28.4. The molecular weight excluding hydrogens is 524 g/mol. The number of carbonyl (C=O) groups is 1. The smallest absolute Gasteiger partial charge is 0.374 e. The van der Waals surface area contributed by atoms with Crippen LogP contribution >= 0.6 is 0 Å². The van der Waals surface area contributed by atoms with E-state index < -0.39 is 17.6 Å². The zero-order valence-electron chi connectivity index (χ0n) is 23.9. The molecule has 38 heavy (non-hydrogen) atoms. The number of amides is 1. The van der Waals surface area contributed by atoms with Crippen LogP contribution in [-0.4, -0.2) is 81.1 Å². The summed E-state index contributed by atoms with van der Waals surface area (Å²) in [6, 6.07) is 7.85. The highest BCUT2D eigenvalue weighted by molar-refractivity contribution is 6.61. The molecule has 0 saturated carbocycles. The van der Waals surface area contributed by atoms with E-state index in [0.29, 0.717) is 88.9 Å². The summed E-state index contributed by atoms with van der Waals surface area (Å²) < 4.78 is 35.9. The lowest BCUT2D eigenvalue weighted by Gasteiger charge is -2.31. The van der Waals surface area contributed by atoms with Gasteiger partial charge in [0.15, 0.2) is 0 Å². The van der Waals surface area contributed by atoms with Gasteiger partial charge in [-0.15, -0.1) is 0 Å². The van der Waals surface area contributed by atoms with Crippen LogP contribution in [0.2, 0.25) is 12.1 Å². The number of hydrogen-bond donors (Lipinski definition) is 0. The molecule has 1 aromatic rings. The van der Waals surface area contributed by atoms with E-state index in [-0.39, 0.29) is 5.91 Å². The number of azide groups is 1. The molecule has 0 aromatic heterocycles. The summed E-state index contributed by atoms with van der Waals surface area (Å²) >= 11 is 0. The first kappa shape index (κ1) is 34.2. The Bertz CT molecular complexity index is 775. The summed E-state index contributed by atoms with van der Waals surface area (Å²) in [5.41, 5.74) is 9.65. The third-order valence-electron chi connectivity index (χ3n) is 5.57. The number of hydrogen-bond acceptors (Lipinski definition) is 8. The lowest BCUT2D eigenvalue weighted by molar-refractivity contribution is 0.0641. The lowest BCUT2D eigenvalue weighted by Crippen LogP contribution is -2.47. The van der Waals surface area contributed by atoms with E-state index in [2.05, 4.69) is 10.0 Å². The van der Waals surface area contributed by atoms with Gasteiger partial charge in [0.25, 0.3) is 5.91 Å². The Balaban J connectivity index is 3.07. The lowest BCUT2D eigenvalue weighted by atomic mass is 10.1. The van der Waals surface area contributed by atoms with Crippen LogP contribution in [0.5, 0.6) is 0 Å². The first-order valence-electron chi connectivity index (χ1n) is 13.7. The second-order valence-electron chi connectivity index (χ2n) is 8.20. The summed E-state index contributed by atoms with van der Waals surface area (Å²) in [6.07, 6.45) is 1.33. The normalized spacial score (nSPS) is 11.8. The molecule has 0 aliphatic carbocycles. The molecule has 0 aliphatic rings. The Labute approximate surface area is 230 Å². The minimum atomic E-state index is -2.82. The quantitative estimate of drug-likeness (QED) is 0.0730. The van der Waals surface area contributed by atoms with E-state index in [9.17, 15) is 4.79 Å². The van der Waals surface area contributed by atoms with Crippen LogP contribution in [0.25, 0.3) is 10.4 Å². The highest BCUT2D eigenvalue weighted by Gasteiger charge is 2.41. The summed E-state index contributed by atoms with van der Waals surface area (Å²) in [6.45, 7) is 15.6. The summed E-state index contributed by atoms with van der Waals surface area (Å²) in [5, 5.41) is 3.59. The first-order valence-corrected chi connectivity index (χ1v) is 17.5. The zero-order chi connectivity index (χ0) is 28.3. The van der Waals surface area contributed by atoms with E-state index in [0.717, 1.165) is 0 Å². The molecule has 1 rings (SSSR count). The van der Waals surface area contributed by atoms with Crippen LogP contribution in [0.4, 0.5) is 5.69 Å². The molecule has 0 atom stereocenters. The molecule has 11 nitrogen and oxygen atoms in total. The Kier molecular flexibility index (Phi) is 17.4. The largest absolute Gasteiger partial charge is 0.500 e. The van der Waals surface area contributed by atoms with Gasteiger partial charge in [-0.1, -0.05) is 17.2 Å². The van der Waals surface area contributed by atoms with Gasteiger partial charge >= 0.3 is 17.6 Å². The molecule has 1 amide bonds. The molecule has 0 aliphatic heterocycles. The Hall–Kier alpha value is -1.81. The summed E-state index contributed by atoms with van der Waals surface area (Å²) in [5.74, 6) is -0.106. The molecule has 0 unspecified atom stereocenters. The monoisotopic (exact) mass is 570 g/mol. The van der Waals surface area contributed by atoms with Gasteiger partial charge in [-0.2, -0.15) is 0 Å². The van der Waals surface area contributed by atoms with Gasteiger partial charge in [0.1, 0.15) is 0 Å². The molecule has 0 heterocycles. The third-order valence-corrected chi connectivity index (χ3v) is 11.9. The Morgan fingerprint density at radius 1 is 0.737 bits per heavy atom. The molecule has 0 fully saturated rings.